The van der Waals surface area contributed by atoms with Crippen molar-refractivity contribution in [3.63, 3.8) is 0 Å². The fraction of sp³-hybridized carbons (Fsp3) is 0.458. The number of benzene rings is 2. The summed E-state index contributed by atoms with van der Waals surface area (Å²) in [6.07, 6.45) is 4.67. The van der Waals surface area contributed by atoms with E-state index in [0.717, 1.165) is 29.3 Å². The topological polar surface area (TPSA) is 68.8 Å². The van der Waals surface area contributed by atoms with E-state index in [2.05, 4.69) is 17.6 Å². The zero-order valence-corrected chi connectivity index (χ0v) is 18.1. The molecule has 0 aliphatic rings. The monoisotopic (exact) mass is 414 g/mol. The fourth-order valence-electron chi connectivity index (χ4n) is 2.80. The van der Waals surface area contributed by atoms with E-state index in [4.69, 9.17) is 14.2 Å². The van der Waals surface area contributed by atoms with Crippen molar-refractivity contribution in [3.8, 4) is 11.5 Å². The first-order chi connectivity index (χ1) is 14.7. The van der Waals surface area contributed by atoms with Gasteiger partial charge in [0.2, 0.25) is 5.91 Å². The minimum Gasteiger partial charge on any atom is -0.494 e. The molecular weight excluding hydrogens is 380 g/mol. The van der Waals surface area contributed by atoms with Gasteiger partial charge < -0.3 is 24.8 Å². The zero-order chi connectivity index (χ0) is 21.4. The van der Waals surface area contributed by atoms with E-state index in [-0.39, 0.29) is 12.5 Å². The highest BCUT2D eigenvalue weighted by molar-refractivity contribution is 5.93. The lowest BCUT2D eigenvalue weighted by atomic mass is 10.2. The van der Waals surface area contributed by atoms with Gasteiger partial charge in [0.05, 0.1) is 19.8 Å². The number of anilines is 2. The number of unbranched alkanes of at least 4 members (excludes halogenated alkanes) is 3. The molecule has 0 radical (unpaired) electrons. The third kappa shape index (κ3) is 9.65. The summed E-state index contributed by atoms with van der Waals surface area (Å²) in [4.78, 5) is 12.2. The molecule has 2 aromatic rings. The highest BCUT2D eigenvalue weighted by atomic mass is 16.5. The molecule has 6 heteroatoms. The van der Waals surface area contributed by atoms with E-state index in [9.17, 15) is 4.79 Å². The summed E-state index contributed by atoms with van der Waals surface area (Å²) in [6.45, 7) is 6.79. The van der Waals surface area contributed by atoms with Crippen LogP contribution in [0.5, 0.6) is 11.5 Å². The van der Waals surface area contributed by atoms with Crippen molar-refractivity contribution >= 4 is 17.3 Å². The summed E-state index contributed by atoms with van der Waals surface area (Å²) in [5, 5.41) is 6.01. The number of hydrogen-bond acceptors (Lipinski definition) is 5. The number of carbonyl (C=O) groups is 1. The third-order valence-corrected chi connectivity index (χ3v) is 4.39. The van der Waals surface area contributed by atoms with Crippen LogP contribution in [-0.4, -0.2) is 38.9 Å². The Morgan fingerprint density at radius 2 is 1.63 bits per heavy atom. The molecule has 0 aliphatic carbocycles. The molecule has 6 nitrogen and oxygen atoms in total. The normalized spacial score (nSPS) is 10.5. The second-order valence-corrected chi connectivity index (χ2v) is 6.91. The van der Waals surface area contributed by atoms with Crippen LogP contribution in [0.15, 0.2) is 48.5 Å². The Hall–Kier alpha value is -2.73. The maximum absolute atomic E-state index is 12.2. The van der Waals surface area contributed by atoms with E-state index in [1.165, 1.54) is 19.3 Å². The Morgan fingerprint density at radius 3 is 2.40 bits per heavy atom. The van der Waals surface area contributed by atoms with Gasteiger partial charge in [-0.05, 0) is 49.7 Å². The molecule has 1 amide bonds. The van der Waals surface area contributed by atoms with Gasteiger partial charge in [-0.2, -0.15) is 0 Å². The maximum Gasteiger partial charge on any atom is 0.243 e. The summed E-state index contributed by atoms with van der Waals surface area (Å²) in [6, 6.07) is 15.0. The zero-order valence-electron chi connectivity index (χ0n) is 18.1. The molecule has 0 fully saturated rings. The van der Waals surface area contributed by atoms with Crippen LogP contribution in [0.4, 0.5) is 11.4 Å². The van der Waals surface area contributed by atoms with E-state index in [1.807, 2.05) is 55.5 Å². The lowest BCUT2D eigenvalue weighted by molar-refractivity contribution is -0.114. The first-order valence-electron chi connectivity index (χ1n) is 10.8. The molecule has 0 heterocycles. The summed E-state index contributed by atoms with van der Waals surface area (Å²) in [7, 11) is 0. The van der Waals surface area contributed by atoms with Crippen LogP contribution in [0.2, 0.25) is 0 Å². The molecule has 0 saturated heterocycles. The molecule has 0 aromatic heterocycles. The molecule has 2 rings (SSSR count). The molecule has 2 aromatic carbocycles. The average Bonchev–Trinajstić information content (AvgIpc) is 2.76. The lowest BCUT2D eigenvalue weighted by Crippen LogP contribution is -2.21. The summed E-state index contributed by atoms with van der Waals surface area (Å²) in [5.41, 5.74) is 1.58. The van der Waals surface area contributed by atoms with Crippen molar-refractivity contribution in [2.45, 2.75) is 39.5 Å². The quantitative estimate of drug-likeness (QED) is 0.396. The molecule has 164 valence electrons. The maximum atomic E-state index is 12.2. The largest absolute Gasteiger partial charge is 0.494 e. The Balaban J connectivity index is 1.70. The van der Waals surface area contributed by atoms with Gasteiger partial charge in [-0.3, -0.25) is 4.79 Å². The lowest BCUT2D eigenvalue weighted by Gasteiger charge is -2.11. The second-order valence-electron chi connectivity index (χ2n) is 6.91. The van der Waals surface area contributed by atoms with Crippen molar-refractivity contribution < 1.29 is 19.0 Å². The number of nitrogens with one attached hydrogen (secondary N) is 2. The van der Waals surface area contributed by atoms with Crippen molar-refractivity contribution in [1.29, 1.82) is 0 Å². The van der Waals surface area contributed by atoms with Crippen molar-refractivity contribution in [3.05, 3.63) is 48.5 Å². The van der Waals surface area contributed by atoms with Crippen LogP contribution >= 0.6 is 0 Å². The number of carbonyl (C=O) groups excluding carboxylic acids is 1. The smallest absolute Gasteiger partial charge is 0.243 e. The number of ether oxygens (including phenoxy) is 3. The van der Waals surface area contributed by atoms with Crippen LogP contribution in [-0.2, 0) is 9.53 Å². The molecule has 0 atom stereocenters. The van der Waals surface area contributed by atoms with E-state index in [1.54, 1.807) is 0 Å². The third-order valence-electron chi connectivity index (χ3n) is 4.39. The molecule has 30 heavy (non-hydrogen) atoms. The molecule has 0 aliphatic heterocycles. The number of amides is 1. The van der Waals surface area contributed by atoms with Gasteiger partial charge >= 0.3 is 0 Å². The predicted octanol–water partition coefficient (Wildman–Crippen LogP) is 5.11. The van der Waals surface area contributed by atoms with Crippen LogP contribution in [0.1, 0.15) is 39.5 Å². The van der Waals surface area contributed by atoms with Gasteiger partial charge in [-0.25, -0.2) is 0 Å². The Kier molecular flexibility index (Phi) is 11.2. The average molecular weight is 415 g/mol. The number of rotatable bonds is 15. The standard InChI is InChI=1S/C24H34N2O4/c1-3-5-6-7-15-29-23-10-8-9-21(18-23)26-24(27)19-25-20-11-13-22(14-12-20)30-17-16-28-4-2/h8-14,18,25H,3-7,15-17,19H2,1-2H3,(H,26,27). The Labute approximate surface area is 179 Å². The van der Waals surface area contributed by atoms with Crippen LogP contribution in [0.25, 0.3) is 0 Å². The summed E-state index contributed by atoms with van der Waals surface area (Å²) in [5.74, 6) is 1.43. The second kappa shape index (κ2) is 14.3. The number of hydrogen-bond donors (Lipinski definition) is 2. The van der Waals surface area contributed by atoms with E-state index < -0.39 is 0 Å². The molecule has 0 spiro atoms. The van der Waals surface area contributed by atoms with E-state index in [0.29, 0.717) is 26.4 Å². The van der Waals surface area contributed by atoms with Crippen molar-refractivity contribution in [1.82, 2.24) is 0 Å². The summed E-state index contributed by atoms with van der Waals surface area (Å²) < 4.78 is 16.6. The Bertz CT molecular complexity index is 734. The first-order valence-corrected chi connectivity index (χ1v) is 10.8. The highest BCUT2D eigenvalue weighted by Gasteiger charge is 2.04. The predicted molar refractivity (Wildman–Crippen MR) is 122 cm³/mol. The Morgan fingerprint density at radius 1 is 0.833 bits per heavy atom. The summed E-state index contributed by atoms with van der Waals surface area (Å²) >= 11 is 0. The van der Waals surface area contributed by atoms with Gasteiger partial charge in [0.1, 0.15) is 18.1 Å². The fourth-order valence-corrected chi connectivity index (χ4v) is 2.80. The molecular formula is C24H34N2O4. The molecule has 0 saturated carbocycles. The molecule has 0 bridgehead atoms. The van der Waals surface area contributed by atoms with Crippen molar-refractivity contribution in [2.75, 3.05) is 43.6 Å². The molecule has 0 unspecified atom stereocenters. The van der Waals surface area contributed by atoms with Gasteiger partial charge in [-0.15, -0.1) is 0 Å². The van der Waals surface area contributed by atoms with Gasteiger partial charge in [0, 0.05) is 24.0 Å². The SMILES string of the molecule is CCCCCCOc1cccc(NC(=O)CNc2ccc(OCCOCC)cc2)c1. The minimum absolute atomic E-state index is 0.118. The van der Waals surface area contributed by atoms with Crippen LogP contribution < -0.4 is 20.1 Å². The first kappa shape index (κ1) is 23.5. The van der Waals surface area contributed by atoms with Gasteiger partial charge in [0.25, 0.3) is 0 Å². The van der Waals surface area contributed by atoms with Crippen LogP contribution in [0, 0.1) is 0 Å². The van der Waals surface area contributed by atoms with Crippen LogP contribution in [0.3, 0.4) is 0 Å². The minimum atomic E-state index is -0.118. The van der Waals surface area contributed by atoms with Gasteiger partial charge in [-0.1, -0.05) is 32.3 Å². The highest BCUT2D eigenvalue weighted by Crippen LogP contribution is 2.18. The van der Waals surface area contributed by atoms with Gasteiger partial charge in [0.15, 0.2) is 0 Å². The van der Waals surface area contributed by atoms with Crippen molar-refractivity contribution in [2.24, 2.45) is 0 Å². The molecule has 2 N–H and O–H groups in total. The van der Waals surface area contributed by atoms with E-state index >= 15 is 0 Å².